The van der Waals surface area contributed by atoms with Crippen molar-refractivity contribution in [2.75, 3.05) is 43.4 Å². The van der Waals surface area contributed by atoms with Gasteiger partial charge in [-0.05, 0) is 11.0 Å². The van der Waals surface area contributed by atoms with Crippen molar-refractivity contribution in [3.63, 3.8) is 0 Å². The lowest BCUT2D eigenvalue weighted by atomic mass is 10.2. The van der Waals surface area contributed by atoms with Gasteiger partial charge in [-0.15, -0.1) is 0 Å². The van der Waals surface area contributed by atoms with Gasteiger partial charge in [-0.2, -0.15) is 23.5 Å². The summed E-state index contributed by atoms with van der Waals surface area (Å²) >= 11 is 3.29. The number of amides is 4. The second-order valence-electron chi connectivity index (χ2n) is 8.41. The average molecular weight is 578 g/mol. The fraction of sp³-hybridized carbons (Fsp3) is 0.760. The van der Waals surface area contributed by atoms with E-state index < -0.39 is 6.04 Å². The molecule has 0 fully saturated rings. The molecule has 1 unspecified atom stereocenters. The Balaban J connectivity index is 0. The van der Waals surface area contributed by atoms with Gasteiger partial charge in [0.1, 0.15) is 11.6 Å². The highest BCUT2D eigenvalue weighted by Crippen LogP contribution is 2.09. The van der Waals surface area contributed by atoms with Crippen molar-refractivity contribution >= 4 is 58.7 Å². The van der Waals surface area contributed by atoms with Gasteiger partial charge in [0.2, 0.25) is 23.6 Å². The van der Waals surface area contributed by atoms with Crippen LogP contribution in [0.3, 0.4) is 0 Å². The van der Waals surface area contributed by atoms with Crippen molar-refractivity contribution in [3.05, 3.63) is 0 Å². The molecule has 0 aliphatic rings. The average Bonchev–Trinajstić information content (AvgIpc) is 2.89. The van der Waals surface area contributed by atoms with E-state index in [-0.39, 0.29) is 48.3 Å². The summed E-state index contributed by atoms with van der Waals surface area (Å²) in [6.07, 6.45) is 2.06. The molecule has 4 amide bonds. The summed E-state index contributed by atoms with van der Waals surface area (Å²) in [6, 6.07) is -0.614. The number of nitrogens with two attached hydrogens (primary N) is 1. The Morgan fingerprint density at radius 1 is 0.711 bits per heavy atom. The maximum atomic E-state index is 11.6. The predicted octanol–water partition coefficient (Wildman–Crippen LogP) is 0.788. The van der Waals surface area contributed by atoms with Crippen LogP contribution >= 0.6 is 23.5 Å². The number of thioether (sulfide) groups is 2. The summed E-state index contributed by atoms with van der Waals surface area (Å²) in [5, 5.41) is 10.6. The van der Waals surface area contributed by atoms with Crippen LogP contribution in [0.1, 0.15) is 66.7 Å². The van der Waals surface area contributed by atoms with E-state index in [1.54, 1.807) is 37.4 Å². The molecule has 0 saturated carbocycles. The zero-order valence-corrected chi connectivity index (χ0v) is 25.1. The molecule has 0 radical (unpaired) electrons. The minimum absolute atomic E-state index is 0.0179. The van der Waals surface area contributed by atoms with Crippen LogP contribution in [0, 0.1) is 0 Å². The van der Waals surface area contributed by atoms with Gasteiger partial charge in [0.05, 0.1) is 19.1 Å². The summed E-state index contributed by atoms with van der Waals surface area (Å²) in [5.74, 6) is 1.48. The summed E-state index contributed by atoms with van der Waals surface area (Å²) in [6.45, 7) is 10.2. The van der Waals surface area contributed by atoms with Crippen molar-refractivity contribution in [1.82, 2.24) is 21.3 Å². The van der Waals surface area contributed by atoms with Crippen LogP contribution in [0.5, 0.6) is 0 Å². The van der Waals surface area contributed by atoms with Gasteiger partial charge in [-0.3, -0.25) is 28.8 Å². The Hall–Kier alpha value is -2.12. The molecule has 6 N–H and O–H groups in total. The molecule has 0 aliphatic heterocycles. The number of nitrogens with one attached hydrogen (secondary N) is 4. The third-order valence-electron chi connectivity index (χ3n) is 4.73. The van der Waals surface area contributed by atoms with Crippen molar-refractivity contribution in [3.8, 4) is 0 Å². The first-order valence-corrected chi connectivity index (χ1v) is 15.2. The number of hydrogen-bond acceptors (Lipinski definition) is 9. The third kappa shape index (κ3) is 25.5. The molecule has 13 heteroatoms. The van der Waals surface area contributed by atoms with E-state index in [4.69, 9.17) is 5.73 Å². The monoisotopic (exact) mass is 577 g/mol. The molecular formula is C25H47N5O6S2. The Morgan fingerprint density at radius 3 is 1.66 bits per heavy atom. The minimum atomic E-state index is -0.614. The molecule has 0 aliphatic carbocycles. The van der Waals surface area contributed by atoms with Crippen LogP contribution in [0.2, 0.25) is 0 Å². The van der Waals surface area contributed by atoms with E-state index in [1.807, 2.05) is 20.8 Å². The first-order chi connectivity index (χ1) is 18.0. The maximum absolute atomic E-state index is 11.6. The zero-order chi connectivity index (χ0) is 29.3. The van der Waals surface area contributed by atoms with Crippen molar-refractivity contribution < 1.29 is 28.8 Å². The predicted molar refractivity (Wildman–Crippen MR) is 155 cm³/mol. The zero-order valence-electron chi connectivity index (χ0n) is 23.5. The largest absolute Gasteiger partial charge is 0.354 e. The molecule has 38 heavy (non-hydrogen) atoms. The molecule has 0 spiro atoms. The Kier molecular flexibility index (Phi) is 25.2. The third-order valence-corrected chi connectivity index (χ3v) is 6.85. The van der Waals surface area contributed by atoms with E-state index in [0.29, 0.717) is 56.2 Å². The van der Waals surface area contributed by atoms with Gasteiger partial charge in [0.25, 0.3) is 0 Å². The molecular weight excluding hydrogens is 530 g/mol. The molecule has 1 atom stereocenters. The molecule has 0 saturated heterocycles. The minimum Gasteiger partial charge on any atom is -0.354 e. The van der Waals surface area contributed by atoms with Crippen LogP contribution in [0.25, 0.3) is 0 Å². The highest BCUT2D eigenvalue weighted by molar-refractivity contribution is 8.00. The van der Waals surface area contributed by atoms with Crippen LogP contribution in [0.4, 0.5) is 0 Å². The van der Waals surface area contributed by atoms with Gasteiger partial charge >= 0.3 is 0 Å². The fourth-order valence-corrected chi connectivity index (χ4v) is 3.77. The lowest BCUT2D eigenvalue weighted by molar-refractivity contribution is -0.126. The number of rotatable bonds is 20. The number of hydrogen-bond donors (Lipinski definition) is 5. The van der Waals surface area contributed by atoms with Crippen molar-refractivity contribution in [2.45, 2.75) is 78.0 Å². The number of carbonyl (C=O) groups excluding carboxylic acids is 6. The van der Waals surface area contributed by atoms with Gasteiger partial charge in [0, 0.05) is 56.7 Å². The number of ketones is 2. The first kappa shape index (κ1) is 38.0. The van der Waals surface area contributed by atoms with E-state index in [1.165, 1.54) is 0 Å². The maximum Gasteiger partial charge on any atom is 0.239 e. The quantitative estimate of drug-likeness (QED) is 0.131. The van der Waals surface area contributed by atoms with Crippen LogP contribution in [-0.4, -0.2) is 89.9 Å². The van der Waals surface area contributed by atoms with Crippen LogP contribution in [-0.2, 0) is 28.8 Å². The number of Topliss-reactive ketones (excluding diaryl/α,β-unsaturated/α-hetero) is 2. The Morgan fingerprint density at radius 2 is 1.21 bits per heavy atom. The Labute approximate surface area is 235 Å². The molecule has 220 valence electrons. The smallest absolute Gasteiger partial charge is 0.239 e. The lowest BCUT2D eigenvalue weighted by Gasteiger charge is -2.13. The van der Waals surface area contributed by atoms with Crippen LogP contribution in [0.15, 0.2) is 0 Å². The molecule has 0 aromatic carbocycles. The molecule has 0 rings (SSSR count). The highest BCUT2D eigenvalue weighted by atomic mass is 32.2. The normalized spacial score (nSPS) is 11.0. The first-order valence-electron chi connectivity index (χ1n) is 13.0. The van der Waals surface area contributed by atoms with E-state index >= 15 is 0 Å². The molecule has 0 aromatic heterocycles. The molecule has 0 bridgehead atoms. The van der Waals surface area contributed by atoms with E-state index in [0.717, 1.165) is 11.5 Å². The van der Waals surface area contributed by atoms with E-state index in [2.05, 4.69) is 21.3 Å². The fourth-order valence-electron chi connectivity index (χ4n) is 2.41. The number of carbonyl (C=O) groups is 6. The summed E-state index contributed by atoms with van der Waals surface area (Å²) in [5.41, 5.74) is 5.70. The van der Waals surface area contributed by atoms with E-state index in [9.17, 15) is 28.8 Å². The lowest BCUT2D eigenvalue weighted by Crippen LogP contribution is -2.46. The summed E-state index contributed by atoms with van der Waals surface area (Å²) in [7, 11) is 0. The molecule has 0 heterocycles. The molecule has 0 aromatic rings. The van der Waals surface area contributed by atoms with Gasteiger partial charge in [-0.25, -0.2) is 0 Å². The van der Waals surface area contributed by atoms with Crippen LogP contribution < -0.4 is 27.0 Å². The summed E-state index contributed by atoms with van der Waals surface area (Å²) in [4.78, 5) is 67.6. The summed E-state index contributed by atoms with van der Waals surface area (Å²) < 4.78 is 0. The highest BCUT2D eigenvalue weighted by Gasteiger charge is 2.15. The van der Waals surface area contributed by atoms with Gasteiger partial charge < -0.3 is 27.0 Å². The van der Waals surface area contributed by atoms with Crippen molar-refractivity contribution in [1.29, 1.82) is 0 Å². The SMILES string of the molecule is CCC(=O)CCNC(=O)CNC(=O)C(N)CSC(C)C.CCSCCC(=O)NCC(=O)NCCC(=O)CC. The standard InChI is InChI=1S/C13H25N3O3S.C12H22N2O3S/c1-4-10(17)5-6-15-12(18)7-16-13(19)11(14)8-20-9(2)3;1-3-10(15)5-7-13-12(17)9-14-11(16)6-8-18-4-2/h9,11H,4-8,14H2,1-3H3,(H,15,18)(H,16,19);3-9H2,1-2H3,(H,13,17)(H,14,16). The second kappa shape index (κ2) is 25.2. The van der Waals surface area contributed by atoms with Gasteiger partial charge in [-0.1, -0.05) is 34.6 Å². The topological polar surface area (TPSA) is 177 Å². The second-order valence-corrected chi connectivity index (χ2v) is 11.4. The van der Waals surface area contributed by atoms with Gasteiger partial charge in [0.15, 0.2) is 0 Å². The van der Waals surface area contributed by atoms with Crippen molar-refractivity contribution in [2.24, 2.45) is 5.73 Å². The molecule has 11 nitrogen and oxygen atoms in total. The Bertz CT molecular complexity index is 737.